The van der Waals surface area contributed by atoms with Gasteiger partial charge >= 0.3 is 6.61 Å². The first-order chi connectivity index (χ1) is 14.3. The van der Waals surface area contributed by atoms with Gasteiger partial charge in [-0.25, -0.2) is 15.0 Å². The number of ether oxygens (including phenoxy) is 1. The first kappa shape index (κ1) is 20.2. The van der Waals surface area contributed by atoms with Crippen LogP contribution in [-0.2, 0) is 13.1 Å². The third kappa shape index (κ3) is 3.97. The predicted molar refractivity (Wildman–Crippen MR) is 105 cm³/mol. The second-order valence-corrected chi connectivity index (χ2v) is 7.42. The van der Waals surface area contributed by atoms with Crippen molar-refractivity contribution < 1.29 is 18.3 Å². The summed E-state index contributed by atoms with van der Waals surface area (Å²) in [6, 6.07) is 6.21. The highest BCUT2D eigenvalue weighted by molar-refractivity contribution is 6.28. The Kier molecular flexibility index (Phi) is 5.38. The van der Waals surface area contributed by atoms with E-state index in [-0.39, 0.29) is 35.4 Å². The second-order valence-electron chi connectivity index (χ2n) is 7.08. The number of fused-ring (bicyclic) bond motifs is 1. The highest BCUT2D eigenvalue weighted by Crippen LogP contribution is 2.27. The molecule has 1 aliphatic rings. The molecule has 0 radical (unpaired) electrons. The number of carbonyl (C=O) groups is 1. The van der Waals surface area contributed by atoms with Crippen LogP contribution in [0.2, 0.25) is 5.28 Å². The topological polar surface area (TPSA) is 73.1 Å². The fourth-order valence-corrected chi connectivity index (χ4v) is 3.61. The Balaban J connectivity index is 1.61. The Hall–Kier alpha value is -3.07. The number of benzene rings is 1. The van der Waals surface area contributed by atoms with E-state index in [1.807, 2.05) is 13.8 Å². The van der Waals surface area contributed by atoms with Crippen molar-refractivity contribution >= 4 is 17.5 Å². The Morgan fingerprint density at radius 2 is 2.13 bits per heavy atom. The Morgan fingerprint density at radius 1 is 1.33 bits per heavy atom. The molecule has 0 bridgehead atoms. The minimum Gasteiger partial charge on any atom is -0.435 e. The van der Waals surface area contributed by atoms with Crippen LogP contribution in [0.15, 0.2) is 36.7 Å². The number of aryl methyl sites for hydroxylation is 1. The van der Waals surface area contributed by atoms with E-state index in [9.17, 15) is 13.6 Å². The van der Waals surface area contributed by atoms with Gasteiger partial charge in [-0.3, -0.25) is 4.79 Å². The number of alkyl halides is 2. The van der Waals surface area contributed by atoms with E-state index in [1.165, 1.54) is 12.1 Å². The lowest BCUT2D eigenvalue weighted by Crippen LogP contribution is -2.46. The molecule has 0 spiro atoms. The largest absolute Gasteiger partial charge is 0.435 e. The normalized spacial score (nSPS) is 16.1. The van der Waals surface area contributed by atoms with Gasteiger partial charge in [-0.05, 0) is 48.7 Å². The zero-order valence-corrected chi connectivity index (χ0v) is 17.0. The molecular weight excluding hydrogens is 416 g/mol. The van der Waals surface area contributed by atoms with Crippen molar-refractivity contribution in [3.8, 4) is 17.1 Å². The fourth-order valence-electron chi connectivity index (χ4n) is 3.48. The molecule has 7 nitrogen and oxygen atoms in total. The highest BCUT2D eigenvalue weighted by Gasteiger charge is 2.32. The lowest BCUT2D eigenvalue weighted by molar-refractivity contribution is -0.0499. The van der Waals surface area contributed by atoms with Gasteiger partial charge < -0.3 is 14.2 Å². The van der Waals surface area contributed by atoms with Crippen molar-refractivity contribution in [2.45, 2.75) is 39.6 Å². The Labute approximate surface area is 176 Å². The van der Waals surface area contributed by atoms with Gasteiger partial charge in [-0.1, -0.05) is 12.1 Å². The average Bonchev–Trinajstić information content (AvgIpc) is 3.10. The number of nitrogens with zero attached hydrogens (tertiary/aromatic N) is 5. The van der Waals surface area contributed by atoms with E-state index in [1.54, 1.807) is 34.0 Å². The van der Waals surface area contributed by atoms with Crippen LogP contribution in [0, 0.1) is 6.92 Å². The van der Waals surface area contributed by atoms with Crippen LogP contribution >= 0.6 is 11.6 Å². The molecule has 156 valence electrons. The highest BCUT2D eigenvalue weighted by atomic mass is 35.5. The van der Waals surface area contributed by atoms with Crippen molar-refractivity contribution in [3.63, 3.8) is 0 Å². The van der Waals surface area contributed by atoms with Gasteiger partial charge in [0.05, 0.1) is 5.69 Å². The van der Waals surface area contributed by atoms with Gasteiger partial charge in [0.15, 0.2) is 5.82 Å². The van der Waals surface area contributed by atoms with E-state index in [0.29, 0.717) is 23.5 Å². The second kappa shape index (κ2) is 7.98. The number of rotatable bonds is 5. The summed E-state index contributed by atoms with van der Waals surface area (Å²) in [6.07, 6.45) is 3.39. The minimum absolute atomic E-state index is 0.0551. The fraction of sp³-hybridized carbons (Fsp3) is 0.300. The van der Waals surface area contributed by atoms with Crippen LogP contribution in [0.5, 0.6) is 5.75 Å². The van der Waals surface area contributed by atoms with Crippen LogP contribution in [0.3, 0.4) is 0 Å². The lowest BCUT2D eigenvalue weighted by atomic mass is 10.1. The summed E-state index contributed by atoms with van der Waals surface area (Å²) in [4.78, 5) is 27.4. The number of halogens is 3. The number of aromatic nitrogens is 4. The molecular formula is C20H18ClF2N5O2. The van der Waals surface area contributed by atoms with Crippen LogP contribution in [0.4, 0.5) is 8.78 Å². The first-order valence-corrected chi connectivity index (χ1v) is 9.61. The molecule has 1 unspecified atom stereocenters. The summed E-state index contributed by atoms with van der Waals surface area (Å²) in [5.41, 5.74) is 2.59. The number of carbonyl (C=O) groups excluding carboxylic acids is 1. The molecule has 0 saturated carbocycles. The number of imidazole rings is 1. The molecule has 1 atom stereocenters. The van der Waals surface area contributed by atoms with Gasteiger partial charge in [-0.15, -0.1) is 0 Å². The molecule has 1 aliphatic heterocycles. The zero-order chi connectivity index (χ0) is 21.4. The van der Waals surface area contributed by atoms with Gasteiger partial charge in [0.25, 0.3) is 5.91 Å². The smallest absolute Gasteiger partial charge is 0.387 e. The van der Waals surface area contributed by atoms with Crippen molar-refractivity contribution in [1.82, 2.24) is 24.4 Å². The van der Waals surface area contributed by atoms with Crippen molar-refractivity contribution in [3.05, 3.63) is 58.9 Å². The molecule has 1 amide bonds. The molecule has 2 aromatic heterocycles. The summed E-state index contributed by atoms with van der Waals surface area (Å²) >= 11 is 5.91. The van der Waals surface area contributed by atoms with Crippen molar-refractivity contribution in [1.29, 1.82) is 0 Å². The molecule has 0 fully saturated rings. The monoisotopic (exact) mass is 433 g/mol. The molecule has 10 heteroatoms. The zero-order valence-electron chi connectivity index (χ0n) is 16.2. The molecule has 0 N–H and O–H groups in total. The van der Waals surface area contributed by atoms with Gasteiger partial charge in [0.2, 0.25) is 5.28 Å². The third-order valence-corrected chi connectivity index (χ3v) is 5.07. The van der Waals surface area contributed by atoms with Crippen molar-refractivity contribution in [2.24, 2.45) is 0 Å². The average molecular weight is 434 g/mol. The van der Waals surface area contributed by atoms with Crippen LogP contribution in [-0.4, -0.2) is 43.0 Å². The number of amides is 1. The summed E-state index contributed by atoms with van der Waals surface area (Å²) < 4.78 is 31.2. The molecule has 4 rings (SSSR count). The molecule has 1 aromatic carbocycles. The lowest BCUT2D eigenvalue weighted by Gasteiger charge is -2.33. The first-order valence-electron chi connectivity index (χ1n) is 9.23. The summed E-state index contributed by atoms with van der Waals surface area (Å²) in [7, 11) is 0. The molecule has 3 aromatic rings. The van der Waals surface area contributed by atoms with E-state index in [4.69, 9.17) is 11.6 Å². The Bertz CT molecular complexity index is 1100. The van der Waals surface area contributed by atoms with Crippen LogP contribution in [0.1, 0.15) is 28.7 Å². The van der Waals surface area contributed by atoms with E-state index < -0.39 is 6.61 Å². The summed E-state index contributed by atoms with van der Waals surface area (Å²) in [6.45, 7) is 1.66. The van der Waals surface area contributed by atoms with E-state index >= 15 is 0 Å². The number of hydrogen-bond acceptors (Lipinski definition) is 5. The SMILES string of the molecule is Cc1cnc(Cl)nc1-c1cn2c(n1)C(=O)N(Cc1cccc(OC(F)F)c1)C(C)C2. The molecule has 0 aliphatic carbocycles. The number of hydrogen-bond donors (Lipinski definition) is 0. The van der Waals surface area contributed by atoms with E-state index in [2.05, 4.69) is 19.7 Å². The maximum absolute atomic E-state index is 13.1. The summed E-state index contributed by atoms with van der Waals surface area (Å²) in [5.74, 6) is 0.0923. The maximum Gasteiger partial charge on any atom is 0.387 e. The van der Waals surface area contributed by atoms with E-state index in [0.717, 1.165) is 5.56 Å². The quantitative estimate of drug-likeness (QED) is 0.570. The maximum atomic E-state index is 13.1. The molecule has 0 saturated heterocycles. The minimum atomic E-state index is -2.90. The molecule has 3 heterocycles. The van der Waals surface area contributed by atoms with Crippen molar-refractivity contribution in [2.75, 3.05) is 0 Å². The van der Waals surface area contributed by atoms with Gasteiger partial charge in [-0.2, -0.15) is 8.78 Å². The Morgan fingerprint density at radius 3 is 2.90 bits per heavy atom. The van der Waals surface area contributed by atoms with Gasteiger partial charge in [0, 0.05) is 31.5 Å². The van der Waals surface area contributed by atoms with Crippen LogP contribution < -0.4 is 4.74 Å². The van der Waals surface area contributed by atoms with Gasteiger partial charge in [0.1, 0.15) is 11.4 Å². The predicted octanol–water partition coefficient (Wildman–Crippen LogP) is 3.95. The van der Waals surface area contributed by atoms with Crippen LogP contribution in [0.25, 0.3) is 11.4 Å². The third-order valence-electron chi connectivity index (χ3n) is 4.88. The summed E-state index contributed by atoms with van der Waals surface area (Å²) in [5, 5.41) is 0.105. The molecule has 30 heavy (non-hydrogen) atoms. The standard InChI is InChI=1S/C20H18ClF2N5O2/c1-11-7-24-19(21)26-16(11)15-10-27-8-12(2)28(18(29)17(27)25-15)9-13-4-3-5-14(6-13)30-20(22)23/h3-7,10,12,20H,8-9H2,1-2H3.